The van der Waals surface area contributed by atoms with Gasteiger partial charge in [0.1, 0.15) is 17.5 Å². The summed E-state index contributed by atoms with van der Waals surface area (Å²) >= 11 is 1.45. The lowest BCUT2D eigenvalue weighted by atomic mass is 9.97. The van der Waals surface area contributed by atoms with E-state index in [-0.39, 0.29) is 17.1 Å². The number of hydrogen-bond acceptors (Lipinski definition) is 9. The number of allylic oxidation sites excluding steroid dienone is 1. The van der Waals surface area contributed by atoms with Gasteiger partial charge in [-0.15, -0.1) is 21.6 Å². The molecule has 0 saturated heterocycles. The second-order valence-electron chi connectivity index (χ2n) is 4.95. The maximum Gasteiger partial charge on any atom is 0.242 e. The van der Waals surface area contributed by atoms with Crippen LogP contribution in [0, 0.1) is 11.3 Å². The lowest BCUT2D eigenvalue weighted by molar-refractivity contribution is 0.432. The first kappa shape index (κ1) is 15.7. The van der Waals surface area contributed by atoms with Crippen LogP contribution in [0.2, 0.25) is 0 Å². The smallest absolute Gasteiger partial charge is 0.242 e. The zero-order valence-electron chi connectivity index (χ0n) is 12.5. The van der Waals surface area contributed by atoms with E-state index in [1.165, 1.54) is 11.3 Å². The van der Waals surface area contributed by atoms with Crippen molar-refractivity contribution in [2.75, 3.05) is 0 Å². The van der Waals surface area contributed by atoms with Crippen molar-refractivity contribution in [1.29, 1.82) is 5.26 Å². The molecule has 0 radical (unpaired) electrons. The van der Waals surface area contributed by atoms with Gasteiger partial charge in [0.2, 0.25) is 5.79 Å². The van der Waals surface area contributed by atoms with E-state index in [0.717, 1.165) is 4.88 Å². The highest BCUT2D eigenvalue weighted by Gasteiger charge is 2.39. The molecule has 9 heteroatoms. The number of hydrogen-bond donors (Lipinski definition) is 4. The van der Waals surface area contributed by atoms with E-state index in [9.17, 15) is 5.26 Å². The highest BCUT2D eigenvalue weighted by atomic mass is 32.1. The second kappa shape index (κ2) is 6.11. The monoisotopic (exact) mass is 338 g/mol. The topological polar surface area (TPSA) is 151 Å². The Morgan fingerprint density at radius 3 is 2.71 bits per heavy atom. The molecule has 0 bridgehead atoms. The number of nitrogens with two attached hydrogens (primary N) is 3. The van der Waals surface area contributed by atoms with E-state index in [4.69, 9.17) is 17.2 Å². The van der Waals surface area contributed by atoms with Gasteiger partial charge in [0.25, 0.3) is 0 Å². The highest BCUT2D eigenvalue weighted by molar-refractivity contribution is 7.11. The van der Waals surface area contributed by atoms with Crippen LogP contribution in [0.5, 0.6) is 0 Å². The fourth-order valence-corrected chi connectivity index (χ4v) is 3.05. The molecular weight excluding hydrogens is 324 g/mol. The first-order valence-corrected chi connectivity index (χ1v) is 7.78. The van der Waals surface area contributed by atoms with Gasteiger partial charge in [-0.2, -0.15) is 5.26 Å². The van der Waals surface area contributed by atoms with Crippen molar-refractivity contribution in [2.45, 2.75) is 5.79 Å². The molecule has 24 heavy (non-hydrogen) atoms. The summed E-state index contributed by atoms with van der Waals surface area (Å²) in [4.78, 5) is 4.85. The van der Waals surface area contributed by atoms with E-state index in [2.05, 4.69) is 20.5 Å². The number of dihydropyridines is 1. The molecule has 2 aromatic rings. The number of thiophene rings is 1. The number of azo groups is 1. The van der Waals surface area contributed by atoms with Gasteiger partial charge in [0.15, 0.2) is 5.82 Å². The predicted molar refractivity (Wildman–Crippen MR) is 91.1 cm³/mol. The number of aromatic nitrogens is 1. The quantitative estimate of drug-likeness (QED) is 0.622. The van der Waals surface area contributed by atoms with Crippen molar-refractivity contribution in [3.8, 4) is 6.07 Å². The molecule has 7 N–H and O–H groups in total. The zero-order valence-corrected chi connectivity index (χ0v) is 13.3. The Balaban J connectivity index is 2.03. The molecule has 1 aliphatic rings. The summed E-state index contributed by atoms with van der Waals surface area (Å²) < 4.78 is 0. The van der Waals surface area contributed by atoms with Gasteiger partial charge in [-0.1, -0.05) is 12.1 Å². The minimum Gasteiger partial charge on any atom is -0.397 e. The van der Waals surface area contributed by atoms with E-state index in [1.807, 2.05) is 23.6 Å². The first-order chi connectivity index (χ1) is 11.5. The van der Waals surface area contributed by atoms with Crippen LogP contribution < -0.4 is 22.5 Å². The van der Waals surface area contributed by atoms with Crippen LogP contribution in [-0.2, 0) is 0 Å². The molecule has 0 saturated carbocycles. The SMILES string of the molecule is N#CC1=C(N)C(c2cccs2)=C(N)NC1(N)N=Nc1ccccn1. The number of rotatable bonds is 3. The van der Waals surface area contributed by atoms with Gasteiger partial charge in [-0.3, -0.25) is 5.73 Å². The van der Waals surface area contributed by atoms with Crippen molar-refractivity contribution in [1.82, 2.24) is 10.3 Å². The van der Waals surface area contributed by atoms with E-state index < -0.39 is 5.79 Å². The van der Waals surface area contributed by atoms with Crippen LogP contribution in [-0.4, -0.2) is 10.8 Å². The maximum absolute atomic E-state index is 9.51. The van der Waals surface area contributed by atoms with Gasteiger partial charge in [0, 0.05) is 11.1 Å². The third-order valence-corrected chi connectivity index (χ3v) is 4.24. The largest absolute Gasteiger partial charge is 0.397 e. The van der Waals surface area contributed by atoms with Crippen molar-refractivity contribution < 1.29 is 0 Å². The van der Waals surface area contributed by atoms with Crippen LogP contribution in [0.25, 0.3) is 5.57 Å². The van der Waals surface area contributed by atoms with Gasteiger partial charge < -0.3 is 16.8 Å². The standard InChI is InChI=1S/C15H14N8S/c16-8-9-13(17)12(10-4-3-7-24-10)14(18)21-15(9,19)23-22-11-5-1-2-6-20-11/h1-7,21H,17-19H2. The molecule has 2 aromatic heterocycles. The molecule has 0 aromatic carbocycles. The number of nitriles is 1. The summed E-state index contributed by atoms with van der Waals surface area (Å²) in [5.74, 6) is -1.07. The highest BCUT2D eigenvalue weighted by Crippen LogP contribution is 2.34. The lowest BCUT2D eigenvalue weighted by Crippen LogP contribution is -2.57. The predicted octanol–water partition coefficient (Wildman–Crippen LogP) is 1.51. The summed E-state index contributed by atoms with van der Waals surface area (Å²) in [6.45, 7) is 0. The van der Waals surface area contributed by atoms with Crippen LogP contribution in [0.15, 0.2) is 69.2 Å². The average Bonchev–Trinajstić information content (AvgIpc) is 3.08. The molecule has 1 aliphatic heterocycles. The summed E-state index contributed by atoms with van der Waals surface area (Å²) in [5, 5.41) is 22.2. The Labute approximate surface area is 142 Å². The van der Waals surface area contributed by atoms with Crippen molar-refractivity contribution >= 4 is 22.7 Å². The van der Waals surface area contributed by atoms with Crippen LogP contribution in [0.1, 0.15) is 4.88 Å². The van der Waals surface area contributed by atoms with Crippen LogP contribution >= 0.6 is 11.3 Å². The van der Waals surface area contributed by atoms with E-state index in [1.54, 1.807) is 24.4 Å². The average molecular weight is 338 g/mol. The third-order valence-electron chi connectivity index (χ3n) is 3.35. The fourth-order valence-electron chi connectivity index (χ4n) is 2.26. The van der Waals surface area contributed by atoms with E-state index >= 15 is 0 Å². The van der Waals surface area contributed by atoms with Gasteiger partial charge in [-0.25, -0.2) is 4.98 Å². The molecule has 0 spiro atoms. The lowest BCUT2D eigenvalue weighted by Gasteiger charge is -2.32. The molecule has 1 unspecified atom stereocenters. The fraction of sp³-hybridized carbons (Fsp3) is 0.0667. The minimum atomic E-state index is -1.65. The van der Waals surface area contributed by atoms with Crippen LogP contribution in [0.4, 0.5) is 5.82 Å². The molecule has 1 atom stereocenters. The summed E-state index contributed by atoms with van der Waals surface area (Å²) in [5.41, 5.74) is 19.2. The number of nitrogens with one attached hydrogen (secondary N) is 1. The van der Waals surface area contributed by atoms with Gasteiger partial charge >= 0.3 is 0 Å². The molecule has 3 rings (SSSR count). The van der Waals surface area contributed by atoms with Crippen molar-refractivity contribution in [3.63, 3.8) is 0 Å². The molecule has 0 aliphatic carbocycles. The van der Waals surface area contributed by atoms with Crippen molar-refractivity contribution in [3.05, 3.63) is 63.9 Å². The molecule has 0 fully saturated rings. The van der Waals surface area contributed by atoms with Crippen LogP contribution in [0.3, 0.4) is 0 Å². The third kappa shape index (κ3) is 2.71. The zero-order chi connectivity index (χ0) is 17.2. The molecular formula is C15H14N8S. The molecule has 8 nitrogen and oxygen atoms in total. The normalized spacial score (nSPS) is 21.0. The van der Waals surface area contributed by atoms with Gasteiger partial charge in [0.05, 0.1) is 11.3 Å². The Hall–Kier alpha value is -3.22. The Bertz CT molecular complexity index is 876. The summed E-state index contributed by atoms with van der Waals surface area (Å²) in [7, 11) is 0. The Morgan fingerprint density at radius 2 is 2.08 bits per heavy atom. The van der Waals surface area contributed by atoms with Crippen molar-refractivity contribution in [2.24, 2.45) is 27.4 Å². The molecule has 3 heterocycles. The number of pyridine rings is 1. The Morgan fingerprint density at radius 1 is 1.25 bits per heavy atom. The van der Waals surface area contributed by atoms with Gasteiger partial charge in [-0.05, 0) is 23.6 Å². The maximum atomic E-state index is 9.51. The van der Waals surface area contributed by atoms with E-state index in [0.29, 0.717) is 11.4 Å². The number of nitrogens with zero attached hydrogens (tertiary/aromatic N) is 4. The first-order valence-electron chi connectivity index (χ1n) is 6.90. The molecule has 120 valence electrons. The minimum absolute atomic E-state index is 0.0415. The second-order valence-corrected chi connectivity index (χ2v) is 5.89. The summed E-state index contributed by atoms with van der Waals surface area (Å²) in [6.07, 6.45) is 1.57. The molecule has 0 amide bonds. The summed E-state index contributed by atoms with van der Waals surface area (Å²) in [6, 6.07) is 10.9. The Kier molecular flexibility index (Phi) is 3.99.